The van der Waals surface area contributed by atoms with Gasteiger partial charge in [-0.2, -0.15) is 5.10 Å². The highest BCUT2D eigenvalue weighted by Gasteiger charge is 2.31. The summed E-state index contributed by atoms with van der Waals surface area (Å²) >= 11 is 0. The normalized spacial score (nSPS) is 16.6. The van der Waals surface area contributed by atoms with Gasteiger partial charge in [0.25, 0.3) is 0 Å². The molecule has 3 heterocycles. The molecule has 1 fully saturated rings. The van der Waals surface area contributed by atoms with E-state index in [0.29, 0.717) is 26.1 Å². The van der Waals surface area contributed by atoms with Crippen LogP contribution < -0.4 is 10.5 Å². The second-order valence-corrected chi connectivity index (χ2v) is 7.09. The average molecular weight is 379 g/mol. The Labute approximate surface area is 164 Å². The summed E-state index contributed by atoms with van der Waals surface area (Å²) in [6.07, 6.45) is 3.03. The number of rotatable bonds is 6. The van der Waals surface area contributed by atoms with E-state index in [-0.39, 0.29) is 11.8 Å². The van der Waals surface area contributed by atoms with Crippen molar-refractivity contribution >= 4 is 16.9 Å². The number of methoxy groups -OCH3 is 1. The first-order valence-electron chi connectivity index (χ1n) is 9.62. The monoisotopic (exact) mass is 379 g/mol. The predicted octanol–water partition coefficient (Wildman–Crippen LogP) is 1.96. The number of carbonyl (C=O) groups excluding carboxylic acids is 1. The number of nitrogens with zero attached hydrogens (tertiary/aromatic N) is 4. The first-order valence-corrected chi connectivity index (χ1v) is 9.62. The molecule has 7 nitrogen and oxygen atoms in total. The highest BCUT2D eigenvalue weighted by Crippen LogP contribution is 2.31. The molecular formula is C21H25N5O2. The van der Waals surface area contributed by atoms with E-state index in [0.717, 1.165) is 41.0 Å². The molecule has 3 aromatic rings. The lowest BCUT2D eigenvalue weighted by Gasteiger charge is -2.17. The van der Waals surface area contributed by atoms with Crippen LogP contribution in [0.1, 0.15) is 23.6 Å². The number of benzene rings is 1. The zero-order chi connectivity index (χ0) is 19.5. The van der Waals surface area contributed by atoms with Crippen molar-refractivity contribution in [3.63, 3.8) is 0 Å². The van der Waals surface area contributed by atoms with E-state index >= 15 is 0 Å². The van der Waals surface area contributed by atoms with E-state index in [9.17, 15) is 4.79 Å². The third kappa shape index (κ3) is 3.45. The van der Waals surface area contributed by atoms with Crippen molar-refractivity contribution in [2.75, 3.05) is 26.7 Å². The number of likely N-dealkylation sites (tertiary alicyclic amines) is 1. The van der Waals surface area contributed by atoms with E-state index in [1.807, 2.05) is 39.9 Å². The number of hydrogen-bond donors (Lipinski definition) is 1. The number of pyridine rings is 1. The molecule has 0 radical (unpaired) electrons. The van der Waals surface area contributed by atoms with Crippen LogP contribution in [0.5, 0.6) is 5.75 Å². The van der Waals surface area contributed by atoms with Crippen LogP contribution in [0.25, 0.3) is 11.0 Å². The van der Waals surface area contributed by atoms with Gasteiger partial charge in [0.2, 0.25) is 5.91 Å². The number of carbonyl (C=O) groups is 1. The fraction of sp³-hybridized carbons (Fsp3) is 0.381. The second kappa shape index (κ2) is 7.98. The quantitative estimate of drug-likeness (QED) is 0.707. The molecule has 1 aromatic carbocycles. The fourth-order valence-electron chi connectivity index (χ4n) is 3.95. The SMILES string of the molecule is COc1ccccc1CC(=O)N1CC[C@H](c2nn(CCN)c3ncccc23)C1. The summed E-state index contributed by atoms with van der Waals surface area (Å²) < 4.78 is 7.25. The average Bonchev–Trinajstić information content (AvgIpc) is 3.34. The molecule has 0 unspecified atom stereocenters. The molecule has 2 N–H and O–H groups in total. The van der Waals surface area contributed by atoms with Crippen molar-refractivity contribution in [2.24, 2.45) is 5.73 Å². The molecule has 1 atom stereocenters. The number of hydrogen-bond acceptors (Lipinski definition) is 5. The Morgan fingerprint density at radius 2 is 2.14 bits per heavy atom. The molecule has 146 valence electrons. The maximum Gasteiger partial charge on any atom is 0.227 e. The van der Waals surface area contributed by atoms with Gasteiger partial charge in [-0.25, -0.2) is 9.67 Å². The number of nitrogens with two attached hydrogens (primary N) is 1. The van der Waals surface area contributed by atoms with Gasteiger partial charge < -0.3 is 15.4 Å². The van der Waals surface area contributed by atoms with Crippen molar-refractivity contribution in [2.45, 2.75) is 25.3 Å². The number of amides is 1. The fourth-order valence-corrected chi connectivity index (χ4v) is 3.95. The molecule has 1 aliphatic heterocycles. The number of fused-ring (bicyclic) bond motifs is 1. The number of aromatic nitrogens is 3. The lowest BCUT2D eigenvalue weighted by Crippen LogP contribution is -2.30. The van der Waals surface area contributed by atoms with Gasteiger partial charge in [-0.3, -0.25) is 4.79 Å². The molecular weight excluding hydrogens is 354 g/mol. The Hall–Kier alpha value is -2.93. The molecule has 1 aliphatic rings. The maximum atomic E-state index is 12.8. The predicted molar refractivity (Wildman–Crippen MR) is 107 cm³/mol. The van der Waals surface area contributed by atoms with Crippen LogP contribution in [0.4, 0.5) is 0 Å². The Morgan fingerprint density at radius 3 is 2.96 bits per heavy atom. The maximum absolute atomic E-state index is 12.8. The van der Waals surface area contributed by atoms with Crippen molar-refractivity contribution in [3.8, 4) is 5.75 Å². The number of ether oxygens (including phenoxy) is 1. The highest BCUT2D eigenvalue weighted by atomic mass is 16.5. The summed E-state index contributed by atoms with van der Waals surface area (Å²) in [4.78, 5) is 19.3. The minimum atomic E-state index is 0.121. The Bertz CT molecular complexity index is 984. The molecule has 2 aromatic heterocycles. The largest absolute Gasteiger partial charge is 0.496 e. The second-order valence-electron chi connectivity index (χ2n) is 7.09. The summed E-state index contributed by atoms with van der Waals surface area (Å²) in [7, 11) is 1.63. The molecule has 1 amide bonds. The van der Waals surface area contributed by atoms with Gasteiger partial charge in [0.1, 0.15) is 5.75 Å². The molecule has 1 saturated heterocycles. The van der Waals surface area contributed by atoms with E-state index in [1.165, 1.54) is 0 Å². The zero-order valence-electron chi connectivity index (χ0n) is 16.0. The Kier molecular flexibility index (Phi) is 5.25. The van der Waals surface area contributed by atoms with Gasteiger partial charge in [-0.1, -0.05) is 18.2 Å². The van der Waals surface area contributed by atoms with Crippen LogP contribution in [0, 0.1) is 0 Å². The summed E-state index contributed by atoms with van der Waals surface area (Å²) in [5.41, 5.74) is 8.52. The van der Waals surface area contributed by atoms with Gasteiger partial charge in [0, 0.05) is 42.7 Å². The van der Waals surface area contributed by atoms with Crippen LogP contribution in [-0.2, 0) is 17.8 Å². The topological polar surface area (TPSA) is 86.3 Å². The molecule has 4 rings (SSSR count). The smallest absolute Gasteiger partial charge is 0.227 e. The van der Waals surface area contributed by atoms with Crippen LogP contribution in [0.2, 0.25) is 0 Å². The first-order chi connectivity index (χ1) is 13.7. The molecule has 28 heavy (non-hydrogen) atoms. The summed E-state index contributed by atoms with van der Waals surface area (Å²) in [5, 5.41) is 5.84. The van der Waals surface area contributed by atoms with Crippen LogP contribution in [0.3, 0.4) is 0 Å². The van der Waals surface area contributed by atoms with Gasteiger partial charge in [0.15, 0.2) is 5.65 Å². The van der Waals surface area contributed by atoms with Crippen LogP contribution in [0.15, 0.2) is 42.6 Å². The summed E-state index contributed by atoms with van der Waals surface area (Å²) in [5.74, 6) is 1.09. The van der Waals surface area contributed by atoms with Crippen molar-refractivity contribution < 1.29 is 9.53 Å². The van der Waals surface area contributed by atoms with Crippen LogP contribution in [-0.4, -0.2) is 52.3 Å². The minimum Gasteiger partial charge on any atom is -0.496 e. The van der Waals surface area contributed by atoms with Gasteiger partial charge in [0.05, 0.1) is 25.8 Å². The van der Waals surface area contributed by atoms with Crippen molar-refractivity contribution in [1.82, 2.24) is 19.7 Å². The molecule has 0 spiro atoms. The Morgan fingerprint density at radius 1 is 1.29 bits per heavy atom. The highest BCUT2D eigenvalue weighted by molar-refractivity contribution is 5.81. The summed E-state index contributed by atoms with van der Waals surface area (Å²) in [6.45, 7) is 2.57. The lowest BCUT2D eigenvalue weighted by atomic mass is 10.0. The van der Waals surface area contributed by atoms with E-state index in [1.54, 1.807) is 13.3 Å². The standard InChI is InChI=1S/C21H25N5O2/c1-28-18-7-3-2-5-15(18)13-19(27)25-11-8-16(14-25)20-17-6-4-10-23-21(17)26(24-20)12-9-22/h2-7,10,16H,8-9,11-14,22H2,1H3/t16-/m0/s1. The van der Waals surface area contributed by atoms with E-state index in [2.05, 4.69) is 11.1 Å². The van der Waals surface area contributed by atoms with Crippen LogP contribution >= 0.6 is 0 Å². The third-order valence-corrected chi connectivity index (χ3v) is 5.34. The third-order valence-electron chi connectivity index (χ3n) is 5.34. The molecule has 7 heteroatoms. The molecule has 0 bridgehead atoms. The van der Waals surface area contributed by atoms with Gasteiger partial charge in [-0.15, -0.1) is 0 Å². The van der Waals surface area contributed by atoms with Gasteiger partial charge in [-0.05, 0) is 24.6 Å². The van der Waals surface area contributed by atoms with E-state index < -0.39 is 0 Å². The zero-order valence-corrected chi connectivity index (χ0v) is 16.0. The van der Waals surface area contributed by atoms with Crippen molar-refractivity contribution in [1.29, 1.82) is 0 Å². The Balaban J connectivity index is 1.51. The van der Waals surface area contributed by atoms with E-state index in [4.69, 9.17) is 15.6 Å². The first kappa shape index (κ1) is 18.4. The number of para-hydroxylation sites is 1. The summed E-state index contributed by atoms with van der Waals surface area (Å²) in [6, 6.07) is 11.7. The van der Waals surface area contributed by atoms with Crippen molar-refractivity contribution in [3.05, 3.63) is 53.9 Å². The minimum absolute atomic E-state index is 0.121. The lowest BCUT2D eigenvalue weighted by molar-refractivity contribution is -0.129. The molecule has 0 aliphatic carbocycles. The molecule has 0 saturated carbocycles. The van der Waals surface area contributed by atoms with Gasteiger partial charge >= 0.3 is 0 Å².